The van der Waals surface area contributed by atoms with Gasteiger partial charge in [-0.25, -0.2) is 0 Å². The van der Waals surface area contributed by atoms with Crippen LogP contribution in [0.15, 0.2) is 18.2 Å². The molecule has 2 rings (SSSR count). The van der Waals surface area contributed by atoms with Crippen LogP contribution in [0.1, 0.15) is 31.4 Å². The number of fused-ring (bicyclic) bond motifs is 1. The van der Waals surface area contributed by atoms with Crippen molar-refractivity contribution < 1.29 is 9.84 Å². The molecule has 0 aromatic heterocycles. The second kappa shape index (κ2) is 3.79. The van der Waals surface area contributed by atoms with E-state index in [1.165, 1.54) is 0 Å². The highest BCUT2D eigenvalue weighted by Crippen LogP contribution is 2.36. The van der Waals surface area contributed by atoms with Crippen molar-refractivity contribution in [2.75, 3.05) is 0 Å². The minimum absolute atomic E-state index is 0.124. The maximum atomic E-state index is 9.85. The molecule has 14 heavy (non-hydrogen) atoms. The molecule has 1 aliphatic rings. The predicted molar refractivity (Wildman–Crippen MR) is 55.7 cm³/mol. The summed E-state index contributed by atoms with van der Waals surface area (Å²) in [5.74, 6) is 0.764. The Hall–Kier alpha value is -0.730. The molecule has 2 nitrogen and oxygen atoms in total. The number of aliphatic hydroxyl groups is 1. The van der Waals surface area contributed by atoms with Crippen molar-refractivity contribution in [1.29, 1.82) is 0 Å². The summed E-state index contributed by atoms with van der Waals surface area (Å²) in [5.41, 5.74) is 0.808. The van der Waals surface area contributed by atoms with Gasteiger partial charge in [0.25, 0.3) is 0 Å². The summed E-state index contributed by atoms with van der Waals surface area (Å²) in [6, 6.07) is 5.38. The molecule has 0 radical (unpaired) electrons. The van der Waals surface area contributed by atoms with Gasteiger partial charge in [-0.2, -0.15) is 0 Å². The van der Waals surface area contributed by atoms with Gasteiger partial charge in [-0.1, -0.05) is 18.5 Å². The van der Waals surface area contributed by atoms with Gasteiger partial charge in [0.15, 0.2) is 0 Å². The second-order valence-corrected chi connectivity index (χ2v) is 4.02. The lowest BCUT2D eigenvalue weighted by atomic mass is 9.98. The zero-order valence-electron chi connectivity index (χ0n) is 8.03. The molecule has 1 aromatic carbocycles. The van der Waals surface area contributed by atoms with Gasteiger partial charge in [-0.15, -0.1) is 0 Å². The van der Waals surface area contributed by atoms with E-state index in [-0.39, 0.29) is 6.10 Å². The standard InChI is InChI=1S/C11H13ClO2/c1-2-8-6-10(13)9-5-7(12)3-4-11(9)14-8/h3-5,8,10,13H,2,6H2,1H3. The van der Waals surface area contributed by atoms with E-state index in [9.17, 15) is 5.11 Å². The van der Waals surface area contributed by atoms with Gasteiger partial charge in [0.1, 0.15) is 11.9 Å². The zero-order chi connectivity index (χ0) is 10.1. The third-order valence-corrected chi connectivity index (χ3v) is 2.80. The summed E-state index contributed by atoms with van der Waals surface area (Å²) in [6.07, 6.45) is 1.25. The molecule has 76 valence electrons. The van der Waals surface area contributed by atoms with Crippen LogP contribution < -0.4 is 4.74 Å². The van der Waals surface area contributed by atoms with Crippen LogP contribution >= 0.6 is 11.6 Å². The lowest BCUT2D eigenvalue weighted by molar-refractivity contribution is 0.0643. The summed E-state index contributed by atoms with van der Waals surface area (Å²) >= 11 is 5.85. The van der Waals surface area contributed by atoms with Crippen molar-refractivity contribution in [3.8, 4) is 5.75 Å². The van der Waals surface area contributed by atoms with Crippen LogP contribution in [-0.2, 0) is 0 Å². The second-order valence-electron chi connectivity index (χ2n) is 3.58. The number of hydrogen-bond donors (Lipinski definition) is 1. The Morgan fingerprint density at radius 1 is 1.57 bits per heavy atom. The van der Waals surface area contributed by atoms with Crippen LogP contribution in [0, 0.1) is 0 Å². The molecular formula is C11H13ClO2. The van der Waals surface area contributed by atoms with Gasteiger partial charge < -0.3 is 9.84 Å². The quantitative estimate of drug-likeness (QED) is 0.776. The molecule has 1 N–H and O–H groups in total. The average Bonchev–Trinajstić information content (AvgIpc) is 2.19. The Bertz CT molecular complexity index is 338. The SMILES string of the molecule is CCC1CC(O)c2cc(Cl)ccc2O1. The summed E-state index contributed by atoms with van der Waals surface area (Å²) < 4.78 is 5.69. The van der Waals surface area contributed by atoms with Crippen molar-refractivity contribution in [3.63, 3.8) is 0 Å². The fourth-order valence-corrected chi connectivity index (χ4v) is 1.92. The van der Waals surface area contributed by atoms with Gasteiger partial charge in [0.2, 0.25) is 0 Å². The monoisotopic (exact) mass is 212 g/mol. The van der Waals surface area contributed by atoms with Gasteiger partial charge in [0, 0.05) is 17.0 Å². The number of rotatable bonds is 1. The molecule has 1 aliphatic heterocycles. The first-order valence-corrected chi connectivity index (χ1v) is 5.22. The molecule has 0 bridgehead atoms. The third kappa shape index (κ3) is 1.72. The summed E-state index contributed by atoms with van der Waals surface area (Å²) in [4.78, 5) is 0. The van der Waals surface area contributed by atoms with Crippen LogP contribution in [-0.4, -0.2) is 11.2 Å². The van der Waals surface area contributed by atoms with E-state index >= 15 is 0 Å². The molecule has 0 aliphatic carbocycles. The van der Waals surface area contributed by atoms with E-state index in [0.29, 0.717) is 11.4 Å². The number of benzene rings is 1. The highest BCUT2D eigenvalue weighted by molar-refractivity contribution is 6.30. The molecular weight excluding hydrogens is 200 g/mol. The first kappa shape index (κ1) is 9.81. The lowest BCUT2D eigenvalue weighted by Crippen LogP contribution is -2.24. The molecule has 0 amide bonds. The molecule has 0 saturated heterocycles. The molecule has 0 fully saturated rings. The Morgan fingerprint density at radius 3 is 3.07 bits per heavy atom. The first-order valence-electron chi connectivity index (χ1n) is 4.85. The molecule has 0 spiro atoms. The van der Waals surface area contributed by atoms with E-state index in [2.05, 4.69) is 6.92 Å². The van der Waals surface area contributed by atoms with Gasteiger partial charge >= 0.3 is 0 Å². The molecule has 2 unspecified atom stereocenters. The van der Waals surface area contributed by atoms with Crippen LogP contribution in [0.5, 0.6) is 5.75 Å². The van der Waals surface area contributed by atoms with E-state index in [1.54, 1.807) is 12.1 Å². The molecule has 1 aromatic rings. The van der Waals surface area contributed by atoms with Crippen molar-refractivity contribution in [3.05, 3.63) is 28.8 Å². The van der Waals surface area contributed by atoms with Gasteiger partial charge in [0.05, 0.1) is 6.10 Å². The number of halogens is 1. The topological polar surface area (TPSA) is 29.5 Å². The lowest BCUT2D eigenvalue weighted by Gasteiger charge is -2.29. The smallest absolute Gasteiger partial charge is 0.125 e. The Kier molecular flexibility index (Phi) is 2.66. The summed E-state index contributed by atoms with van der Waals surface area (Å²) in [6.45, 7) is 2.05. The largest absolute Gasteiger partial charge is 0.490 e. The number of ether oxygens (including phenoxy) is 1. The van der Waals surface area contributed by atoms with Gasteiger partial charge in [-0.3, -0.25) is 0 Å². The van der Waals surface area contributed by atoms with Crippen molar-refractivity contribution in [2.45, 2.75) is 32.0 Å². The highest BCUT2D eigenvalue weighted by atomic mass is 35.5. The van der Waals surface area contributed by atoms with Crippen LogP contribution in [0.2, 0.25) is 5.02 Å². The number of hydrogen-bond acceptors (Lipinski definition) is 2. The van der Waals surface area contributed by atoms with E-state index < -0.39 is 6.10 Å². The first-order chi connectivity index (χ1) is 6.70. The van der Waals surface area contributed by atoms with Crippen molar-refractivity contribution >= 4 is 11.6 Å². The maximum Gasteiger partial charge on any atom is 0.125 e. The molecule has 0 saturated carbocycles. The zero-order valence-corrected chi connectivity index (χ0v) is 8.79. The Labute approximate surface area is 88.5 Å². The fourth-order valence-electron chi connectivity index (χ4n) is 1.74. The van der Waals surface area contributed by atoms with E-state index in [0.717, 1.165) is 17.7 Å². The Morgan fingerprint density at radius 2 is 2.36 bits per heavy atom. The average molecular weight is 213 g/mol. The van der Waals surface area contributed by atoms with E-state index in [1.807, 2.05) is 6.07 Å². The highest BCUT2D eigenvalue weighted by Gasteiger charge is 2.25. The predicted octanol–water partition coefficient (Wildman–Crippen LogP) is 2.93. The fraction of sp³-hybridized carbons (Fsp3) is 0.455. The van der Waals surface area contributed by atoms with Crippen LogP contribution in [0.25, 0.3) is 0 Å². The minimum Gasteiger partial charge on any atom is -0.490 e. The normalized spacial score (nSPS) is 25.4. The van der Waals surface area contributed by atoms with Gasteiger partial charge in [-0.05, 0) is 24.6 Å². The van der Waals surface area contributed by atoms with E-state index in [4.69, 9.17) is 16.3 Å². The maximum absolute atomic E-state index is 9.85. The third-order valence-electron chi connectivity index (χ3n) is 2.57. The summed E-state index contributed by atoms with van der Waals surface area (Å²) in [7, 11) is 0. The van der Waals surface area contributed by atoms with Crippen LogP contribution in [0.4, 0.5) is 0 Å². The minimum atomic E-state index is -0.442. The molecule has 2 atom stereocenters. The Balaban J connectivity index is 2.35. The van der Waals surface area contributed by atoms with Crippen molar-refractivity contribution in [1.82, 2.24) is 0 Å². The molecule has 3 heteroatoms. The number of aliphatic hydroxyl groups excluding tert-OH is 1. The summed E-state index contributed by atoms with van der Waals surface area (Å²) in [5, 5.41) is 10.5. The molecule has 1 heterocycles. The van der Waals surface area contributed by atoms with Crippen LogP contribution in [0.3, 0.4) is 0 Å². The van der Waals surface area contributed by atoms with Crippen molar-refractivity contribution in [2.24, 2.45) is 0 Å².